The summed E-state index contributed by atoms with van der Waals surface area (Å²) in [6.45, 7) is 1.97. The van der Waals surface area contributed by atoms with Crippen LogP contribution in [0.5, 0.6) is 5.75 Å². The highest BCUT2D eigenvalue weighted by Crippen LogP contribution is 2.22. The van der Waals surface area contributed by atoms with Crippen molar-refractivity contribution < 1.29 is 9.53 Å². The lowest BCUT2D eigenvalue weighted by atomic mass is 10.0. The lowest BCUT2D eigenvalue weighted by Crippen LogP contribution is -2.06. The van der Waals surface area contributed by atoms with E-state index in [0.29, 0.717) is 11.3 Å². The number of fused-ring (bicyclic) bond motifs is 1. The molecule has 0 fully saturated rings. The summed E-state index contributed by atoms with van der Waals surface area (Å²) in [5, 5.41) is 1.97. The van der Waals surface area contributed by atoms with E-state index in [2.05, 4.69) is 4.98 Å². The molecule has 0 saturated carbocycles. The summed E-state index contributed by atoms with van der Waals surface area (Å²) in [6, 6.07) is 5.61. The molecule has 0 aliphatic carbocycles. The molecule has 0 atom stereocenters. The molecule has 3 rings (SSSR count). The van der Waals surface area contributed by atoms with Crippen LogP contribution in [0, 0.1) is 6.92 Å². The molecular weight excluding hydrogens is 272 g/mol. The van der Waals surface area contributed by atoms with Gasteiger partial charge in [0.2, 0.25) is 0 Å². The fraction of sp³-hybridized carbons (Fsp3) is 0.200. The van der Waals surface area contributed by atoms with E-state index in [1.807, 2.05) is 47.3 Å². The van der Waals surface area contributed by atoms with Gasteiger partial charge in [-0.1, -0.05) is 6.07 Å². The Labute approximate surface area is 120 Å². The fourth-order valence-electron chi connectivity index (χ4n) is 2.15. The number of aromatic nitrogens is 2. The highest BCUT2D eigenvalue weighted by atomic mass is 32.1. The predicted molar refractivity (Wildman–Crippen MR) is 78.8 cm³/mol. The summed E-state index contributed by atoms with van der Waals surface area (Å²) in [7, 11) is 1.58. The molecule has 5 heteroatoms. The topological polar surface area (TPSA) is 43.6 Å². The maximum Gasteiger partial charge on any atom is 0.193 e. The van der Waals surface area contributed by atoms with Crippen LogP contribution in [0.25, 0.3) is 4.96 Å². The second-order valence-electron chi connectivity index (χ2n) is 4.63. The van der Waals surface area contributed by atoms with Gasteiger partial charge in [0.1, 0.15) is 5.75 Å². The average molecular weight is 286 g/mol. The summed E-state index contributed by atoms with van der Waals surface area (Å²) in [5.74, 6) is 0.642. The summed E-state index contributed by atoms with van der Waals surface area (Å²) in [5.41, 5.74) is 2.46. The smallest absolute Gasteiger partial charge is 0.193 e. The second-order valence-corrected chi connectivity index (χ2v) is 5.50. The van der Waals surface area contributed by atoms with Gasteiger partial charge in [-0.25, -0.2) is 4.98 Å². The number of hydrogen-bond acceptors (Lipinski definition) is 4. The number of carbonyl (C=O) groups is 1. The number of thiazole rings is 1. The standard InChI is InChI=1S/C15H14N2O2S/c1-10-3-4-12(14(7-10)19-2)13(18)8-11-9-17-5-6-20-15(17)16-11/h3-7,9H,8H2,1-2H3. The van der Waals surface area contributed by atoms with Crippen LogP contribution in [0.2, 0.25) is 0 Å². The molecule has 2 heterocycles. The van der Waals surface area contributed by atoms with Gasteiger partial charge in [0.05, 0.1) is 24.8 Å². The van der Waals surface area contributed by atoms with E-state index in [0.717, 1.165) is 16.2 Å². The number of Topliss-reactive ketones (excluding diaryl/α,β-unsaturated/α-hetero) is 1. The highest BCUT2D eigenvalue weighted by molar-refractivity contribution is 7.15. The summed E-state index contributed by atoms with van der Waals surface area (Å²) >= 11 is 1.56. The molecule has 0 amide bonds. The zero-order valence-electron chi connectivity index (χ0n) is 11.3. The SMILES string of the molecule is COc1cc(C)ccc1C(=O)Cc1cn2ccsc2n1. The van der Waals surface area contributed by atoms with Crippen molar-refractivity contribution >= 4 is 22.1 Å². The largest absolute Gasteiger partial charge is 0.496 e. The number of methoxy groups -OCH3 is 1. The first-order valence-electron chi connectivity index (χ1n) is 6.26. The Balaban J connectivity index is 1.87. The van der Waals surface area contributed by atoms with Gasteiger partial charge in [0, 0.05) is 17.8 Å². The van der Waals surface area contributed by atoms with Crippen molar-refractivity contribution in [1.29, 1.82) is 0 Å². The molecule has 0 bridgehead atoms. The van der Waals surface area contributed by atoms with Gasteiger partial charge in [0.15, 0.2) is 10.7 Å². The van der Waals surface area contributed by atoms with E-state index < -0.39 is 0 Å². The molecule has 0 saturated heterocycles. The Morgan fingerprint density at radius 1 is 1.45 bits per heavy atom. The Bertz CT molecular complexity index is 745. The molecule has 2 aromatic heterocycles. The average Bonchev–Trinajstić information content (AvgIpc) is 2.99. The van der Waals surface area contributed by atoms with Crippen LogP contribution >= 0.6 is 11.3 Å². The lowest BCUT2D eigenvalue weighted by Gasteiger charge is -2.07. The van der Waals surface area contributed by atoms with Gasteiger partial charge in [-0.05, 0) is 24.6 Å². The first-order chi connectivity index (χ1) is 9.67. The van der Waals surface area contributed by atoms with Gasteiger partial charge in [-0.15, -0.1) is 11.3 Å². The van der Waals surface area contributed by atoms with E-state index >= 15 is 0 Å². The summed E-state index contributed by atoms with van der Waals surface area (Å²) in [4.78, 5) is 17.7. The van der Waals surface area contributed by atoms with E-state index in [4.69, 9.17) is 4.74 Å². The summed E-state index contributed by atoms with van der Waals surface area (Å²) in [6.07, 6.45) is 4.12. The Morgan fingerprint density at radius 3 is 3.05 bits per heavy atom. The second kappa shape index (κ2) is 5.09. The molecule has 0 aliphatic heterocycles. The predicted octanol–water partition coefficient (Wildman–Crippen LogP) is 3.14. The molecule has 3 aromatic rings. The van der Waals surface area contributed by atoms with Crippen LogP contribution in [0.3, 0.4) is 0 Å². The third-order valence-electron chi connectivity index (χ3n) is 3.14. The van der Waals surface area contributed by atoms with Crippen molar-refractivity contribution in [3.63, 3.8) is 0 Å². The van der Waals surface area contributed by atoms with E-state index in [1.165, 1.54) is 0 Å². The Morgan fingerprint density at radius 2 is 2.30 bits per heavy atom. The van der Waals surface area contributed by atoms with Crippen molar-refractivity contribution in [3.05, 3.63) is 52.8 Å². The molecule has 0 radical (unpaired) electrons. The van der Waals surface area contributed by atoms with E-state index in [-0.39, 0.29) is 12.2 Å². The maximum atomic E-state index is 12.4. The quantitative estimate of drug-likeness (QED) is 0.692. The molecule has 0 unspecified atom stereocenters. The van der Waals surface area contributed by atoms with Gasteiger partial charge in [-0.3, -0.25) is 9.20 Å². The van der Waals surface area contributed by atoms with Crippen LogP contribution in [-0.2, 0) is 6.42 Å². The monoisotopic (exact) mass is 286 g/mol. The molecule has 20 heavy (non-hydrogen) atoms. The maximum absolute atomic E-state index is 12.4. The normalized spacial score (nSPS) is 10.9. The van der Waals surface area contributed by atoms with Crippen LogP contribution in [0.1, 0.15) is 21.6 Å². The van der Waals surface area contributed by atoms with Crippen molar-refractivity contribution in [2.45, 2.75) is 13.3 Å². The molecule has 0 spiro atoms. The van der Waals surface area contributed by atoms with Crippen molar-refractivity contribution in [2.75, 3.05) is 7.11 Å². The number of benzene rings is 1. The number of aryl methyl sites for hydroxylation is 1. The summed E-state index contributed by atoms with van der Waals surface area (Å²) < 4.78 is 7.21. The number of rotatable bonds is 4. The molecule has 0 aliphatic rings. The molecule has 1 aromatic carbocycles. The number of hydrogen-bond donors (Lipinski definition) is 0. The number of imidazole rings is 1. The number of ether oxygens (including phenoxy) is 1. The fourth-order valence-corrected chi connectivity index (χ4v) is 2.87. The van der Waals surface area contributed by atoms with Gasteiger partial charge < -0.3 is 4.74 Å². The van der Waals surface area contributed by atoms with Crippen molar-refractivity contribution in [3.8, 4) is 5.75 Å². The number of carbonyl (C=O) groups excluding carboxylic acids is 1. The van der Waals surface area contributed by atoms with E-state index in [1.54, 1.807) is 18.4 Å². The van der Waals surface area contributed by atoms with Crippen LogP contribution in [0.15, 0.2) is 36.0 Å². The minimum atomic E-state index is 0.0209. The third-order valence-corrected chi connectivity index (χ3v) is 3.91. The van der Waals surface area contributed by atoms with Crippen molar-refractivity contribution in [1.82, 2.24) is 9.38 Å². The molecule has 102 valence electrons. The Kier molecular flexibility index (Phi) is 3.28. The Hall–Kier alpha value is -2.14. The highest BCUT2D eigenvalue weighted by Gasteiger charge is 2.15. The van der Waals surface area contributed by atoms with Gasteiger partial charge in [0.25, 0.3) is 0 Å². The van der Waals surface area contributed by atoms with Crippen molar-refractivity contribution in [2.24, 2.45) is 0 Å². The number of ketones is 1. The number of nitrogens with zero attached hydrogens (tertiary/aromatic N) is 2. The van der Waals surface area contributed by atoms with Crippen LogP contribution in [0.4, 0.5) is 0 Å². The van der Waals surface area contributed by atoms with E-state index in [9.17, 15) is 4.79 Å². The zero-order chi connectivity index (χ0) is 14.1. The minimum Gasteiger partial charge on any atom is -0.496 e. The zero-order valence-corrected chi connectivity index (χ0v) is 12.1. The van der Waals surface area contributed by atoms with Crippen LogP contribution < -0.4 is 4.74 Å². The first-order valence-corrected chi connectivity index (χ1v) is 7.14. The molecule has 0 N–H and O–H groups in total. The molecule has 4 nitrogen and oxygen atoms in total. The van der Waals surface area contributed by atoms with Gasteiger partial charge >= 0.3 is 0 Å². The van der Waals surface area contributed by atoms with Gasteiger partial charge in [-0.2, -0.15) is 0 Å². The lowest BCUT2D eigenvalue weighted by molar-refractivity contribution is 0.0989. The first kappa shape index (κ1) is 12.9. The van der Waals surface area contributed by atoms with Crippen LogP contribution in [-0.4, -0.2) is 22.3 Å². The third kappa shape index (κ3) is 2.32. The minimum absolute atomic E-state index is 0.0209. The molecular formula is C15H14N2O2S.